The average molecular weight is 234 g/mol. The van der Waals surface area contributed by atoms with E-state index >= 15 is 0 Å². The van der Waals surface area contributed by atoms with Crippen LogP contribution in [-0.4, -0.2) is 29.9 Å². The van der Waals surface area contributed by atoms with Gasteiger partial charge in [-0.15, -0.1) is 0 Å². The number of aliphatic carboxylic acids is 1. The first kappa shape index (κ1) is 13.4. The van der Waals surface area contributed by atoms with Gasteiger partial charge in [0.1, 0.15) is 0 Å². The Bertz CT molecular complexity index is 351. The summed E-state index contributed by atoms with van der Waals surface area (Å²) >= 11 is 0. The van der Waals surface area contributed by atoms with Gasteiger partial charge in [0, 0.05) is 6.42 Å². The summed E-state index contributed by atoms with van der Waals surface area (Å²) in [6, 6.07) is 9.41. The van der Waals surface area contributed by atoms with Crippen molar-refractivity contribution in [1.29, 1.82) is 0 Å². The lowest BCUT2D eigenvalue weighted by atomic mass is 10.1. The molecule has 0 amide bonds. The molecule has 1 aromatic rings. The van der Waals surface area contributed by atoms with E-state index in [0.717, 1.165) is 6.42 Å². The fourth-order valence-electron chi connectivity index (χ4n) is 1.51. The van der Waals surface area contributed by atoms with Crippen molar-refractivity contribution in [3.63, 3.8) is 0 Å². The number of hydrogen-bond acceptors (Lipinski definition) is 3. The molecule has 91 valence electrons. The van der Waals surface area contributed by atoms with Gasteiger partial charge in [-0.25, -0.2) is 0 Å². The largest absolute Gasteiger partial charge is 0.481 e. The van der Waals surface area contributed by atoms with Gasteiger partial charge in [0.25, 0.3) is 0 Å². The lowest BCUT2D eigenvalue weighted by molar-refractivity contribution is -0.137. The van der Waals surface area contributed by atoms with Gasteiger partial charge < -0.3 is 10.4 Å². The Hall–Kier alpha value is -1.68. The molecular weight excluding hydrogens is 218 g/mol. The molecule has 1 radical (unpaired) electrons. The average Bonchev–Trinajstić information content (AvgIpc) is 2.34. The third-order valence-electron chi connectivity index (χ3n) is 2.44. The fraction of sp³-hybridized carbons (Fsp3) is 0.385. The van der Waals surface area contributed by atoms with E-state index in [2.05, 4.69) is 5.32 Å². The van der Waals surface area contributed by atoms with Gasteiger partial charge in [0.05, 0.1) is 6.04 Å². The topological polar surface area (TPSA) is 66.4 Å². The number of hydrogen-bond donors (Lipinski definition) is 2. The summed E-state index contributed by atoms with van der Waals surface area (Å²) in [5.41, 5.74) is 1.18. The Balaban J connectivity index is 2.24. The number of carbonyl (C=O) groups is 1. The summed E-state index contributed by atoms with van der Waals surface area (Å²) in [6.07, 6.45) is 2.90. The lowest BCUT2D eigenvalue weighted by Crippen LogP contribution is -2.32. The van der Waals surface area contributed by atoms with Crippen LogP contribution in [-0.2, 0) is 16.0 Å². The van der Waals surface area contributed by atoms with E-state index in [1.807, 2.05) is 36.6 Å². The summed E-state index contributed by atoms with van der Waals surface area (Å²) < 4.78 is 0. The van der Waals surface area contributed by atoms with Crippen LogP contribution in [0.15, 0.2) is 30.3 Å². The molecule has 0 aliphatic carbocycles. The highest BCUT2D eigenvalue weighted by molar-refractivity contribution is 5.68. The molecule has 4 heteroatoms. The SMILES string of the molecule is O=[C][C@H](CCC(=O)O)NCCc1ccccc1. The highest BCUT2D eigenvalue weighted by Gasteiger charge is 2.09. The van der Waals surface area contributed by atoms with Crippen LogP contribution in [0.1, 0.15) is 18.4 Å². The molecule has 0 bridgehead atoms. The Morgan fingerprint density at radius 1 is 1.35 bits per heavy atom. The van der Waals surface area contributed by atoms with Crippen LogP contribution in [0.25, 0.3) is 0 Å². The van der Waals surface area contributed by atoms with Crippen molar-refractivity contribution in [3.8, 4) is 0 Å². The molecule has 4 nitrogen and oxygen atoms in total. The first-order valence-corrected chi connectivity index (χ1v) is 5.59. The maximum Gasteiger partial charge on any atom is 0.303 e. The number of benzene rings is 1. The second-order valence-corrected chi connectivity index (χ2v) is 3.79. The Morgan fingerprint density at radius 3 is 2.65 bits per heavy atom. The lowest BCUT2D eigenvalue weighted by Gasteiger charge is -2.10. The van der Waals surface area contributed by atoms with Crippen LogP contribution in [0.2, 0.25) is 0 Å². The minimum absolute atomic E-state index is 0.0156. The maximum atomic E-state index is 10.6. The zero-order chi connectivity index (χ0) is 12.5. The number of carbonyl (C=O) groups excluding carboxylic acids is 1. The standard InChI is InChI=1S/C13H16NO3/c15-10-12(6-7-13(16)17)14-9-8-11-4-2-1-3-5-11/h1-5,12,14H,6-9H2,(H,16,17)/t12-/m0/s1. The zero-order valence-corrected chi connectivity index (χ0v) is 9.56. The molecular formula is C13H16NO3. The molecule has 1 aromatic carbocycles. The van der Waals surface area contributed by atoms with Crippen LogP contribution in [0.3, 0.4) is 0 Å². The van der Waals surface area contributed by atoms with Crippen LogP contribution >= 0.6 is 0 Å². The van der Waals surface area contributed by atoms with Crippen molar-refractivity contribution in [3.05, 3.63) is 35.9 Å². The normalized spacial score (nSPS) is 12.0. The van der Waals surface area contributed by atoms with Crippen molar-refractivity contribution in [2.45, 2.75) is 25.3 Å². The fourth-order valence-corrected chi connectivity index (χ4v) is 1.51. The predicted octanol–water partition coefficient (Wildman–Crippen LogP) is 1.16. The third-order valence-corrected chi connectivity index (χ3v) is 2.44. The zero-order valence-electron chi connectivity index (χ0n) is 9.56. The van der Waals surface area contributed by atoms with Gasteiger partial charge in [-0.3, -0.25) is 9.59 Å². The van der Waals surface area contributed by atoms with Gasteiger partial charge in [-0.2, -0.15) is 0 Å². The number of carboxylic acids is 1. The van der Waals surface area contributed by atoms with Gasteiger partial charge in [0.2, 0.25) is 6.29 Å². The van der Waals surface area contributed by atoms with Crippen molar-refractivity contribution in [1.82, 2.24) is 5.32 Å². The molecule has 0 saturated heterocycles. The second-order valence-electron chi connectivity index (χ2n) is 3.79. The van der Waals surface area contributed by atoms with Crippen LogP contribution < -0.4 is 5.32 Å². The highest BCUT2D eigenvalue weighted by Crippen LogP contribution is 2.00. The summed E-state index contributed by atoms with van der Waals surface area (Å²) in [5.74, 6) is -0.893. The van der Waals surface area contributed by atoms with Crippen molar-refractivity contribution < 1.29 is 14.7 Å². The number of rotatable bonds is 8. The van der Waals surface area contributed by atoms with E-state index in [1.54, 1.807) is 0 Å². The molecule has 1 atom stereocenters. The molecule has 0 unspecified atom stereocenters. The molecule has 17 heavy (non-hydrogen) atoms. The van der Waals surface area contributed by atoms with Crippen LogP contribution in [0.5, 0.6) is 0 Å². The molecule has 0 aliphatic rings. The van der Waals surface area contributed by atoms with Crippen molar-refractivity contribution >= 4 is 12.3 Å². The van der Waals surface area contributed by atoms with Crippen LogP contribution in [0, 0.1) is 0 Å². The second kappa shape index (κ2) is 7.57. The molecule has 0 aromatic heterocycles. The first-order valence-electron chi connectivity index (χ1n) is 5.59. The third kappa shape index (κ3) is 5.82. The smallest absolute Gasteiger partial charge is 0.303 e. The predicted molar refractivity (Wildman–Crippen MR) is 64.5 cm³/mol. The minimum Gasteiger partial charge on any atom is -0.481 e. The summed E-state index contributed by atoms with van der Waals surface area (Å²) in [5, 5.41) is 11.5. The number of nitrogens with one attached hydrogen (secondary N) is 1. The Labute approximate surface area is 101 Å². The van der Waals surface area contributed by atoms with E-state index in [0.29, 0.717) is 6.54 Å². The number of carboxylic acid groups (broad SMARTS) is 1. The molecule has 0 aliphatic heterocycles. The molecule has 0 saturated carbocycles. The van der Waals surface area contributed by atoms with E-state index < -0.39 is 12.0 Å². The van der Waals surface area contributed by atoms with Gasteiger partial charge >= 0.3 is 5.97 Å². The Morgan fingerprint density at radius 2 is 2.06 bits per heavy atom. The van der Waals surface area contributed by atoms with Gasteiger partial charge in [-0.05, 0) is 24.9 Å². The highest BCUT2D eigenvalue weighted by atomic mass is 16.4. The Kier molecular flexibility index (Phi) is 5.96. The van der Waals surface area contributed by atoms with Gasteiger partial charge in [-0.1, -0.05) is 30.3 Å². The van der Waals surface area contributed by atoms with Gasteiger partial charge in [0.15, 0.2) is 0 Å². The molecule has 2 N–H and O–H groups in total. The quantitative estimate of drug-likeness (QED) is 0.708. The van der Waals surface area contributed by atoms with E-state index in [-0.39, 0.29) is 12.8 Å². The molecule has 0 fully saturated rings. The van der Waals surface area contributed by atoms with Crippen molar-refractivity contribution in [2.75, 3.05) is 6.54 Å². The summed E-state index contributed by atoms with van der Waals surface area (Å²) in [7, 11) is 0. The van der Waals surface area contributed by atoms with Crippen molar-refractivity contribution in [2.24, 2.45) is 0 Å². The van der Waals surface area contributed by atoms with E-state index in [1.165, 1.54) is 5.56 Å². The van der Waals surface area contributed by atoms with E-state index in [9.17, 15) is 9.59 Å². The minimum atomic E-state index is -0.893. The molecule has 0 spiro atoms. The first-order chi connectivity index (χ1) is 8.22. The summed E-state index contributed by atoms with van der Waals surface area (Å²) in [4.78, 5) is 20.9. The summed E-state index contributed by atoms with van der Waals surface area (Å²) in [6.45, 7) is 0.642. The monoisotopic (exact) mass is 234 g/mol. The maximum absolute atomic E-state index is 10.6. The molecule has 1 rings (SSSR count). The van der Waals surface area contributed by atoms with E-state index in [4.69, 9.17) is 5.11 Å². The van der Waals surface area contributed by atoms with Crippen LogP contribution in [0.4, 0.5) is 0 Å². The molecule has 0 heterocycles.